The molecule has 0 aliphatic heterocycles. The smallest absolute Gasteiger partial charge is 0.310 e. The van der Waals surface area contributed by atoms with Crippen LogP contribution in [0.3, 0.4) is 0 Å². The largest absolute Gasteiger partial charge is 0.461 e. The molecule has 0 saturated carbocycles. The van der Waals surface area contributed by atoms with Crippen LogP contribution in [-0.2, 0) is 22.6 Å². The van der Waals surface area contributed by atoms with Crippen molar-refractivity contribution in [2.24, 2.45) is 0 Å². The van der Waals surface area contributed by atoms with E-state index < -0.39 is 0 Å². The second kappa shape index (κ2) is 6.62. The predicted molar refractivity (Wildman–Crippen MR) is 81.8 cm³/mol. The van der Waals surface area contributed by atoms with Crippen LogP contribution in [0.1, 0.15) is 11.3 Å². The highest BCUT2D eigenvalue weighted by molar-refractivity contribution is 9.10. The third kappa shape index (κ3) is 3.65. The van der Waals surface area contributed by atoms with Gasteiger partial charge in [0.2, 0.25) is 5.76 Å². The van der Waals surface area contributed by atoms with Crippen LogP contribution in [0.4, 0.5) is 0 Å². The molecule has 0 N–H and O–H groups in total. The highest BCUT2D eigenvalue weighted by Gasteiger charge is 2.11. The first-order valence-corrected chi connectivity index (χ1v) is 7.39. The van der Waals surface area contributed by atoms with E-state index in [2.05, 4.69) is 21.1 Å². The number of esters is 1. The Morgan fingerprint density at radius 3 is 2.73 bits per heavy atom. The Morgan fingerprint density at radius 1 is 1.18 bits per heavy atom. The van der Waals surface area contributed by atoms with Crippen LogP contribution in [0.5, 0.6) is 0 Å². The van der Waals surface area contributed by atoms with Gasteiger partial charge >= 0.3 is 5.97 Å². The van der Waals surface area contributed by atoms with Crippen molar-refractivity contribution in [1.82, 2.24) is 5.16 Å². The van der Waals surface area contributed by atoms with Gasteiger partial charge in [-0.1, -0.05) is 33.2 Å². The number of halogens is 1. The Labute approximate surface area is 135 Å². The van der Waals surface area contributed by atoms with Crippen LogP contribution >= 0.6 is 15.9 Å². The number of furan rings is 1. The van der Waals surface area contributed by atoms with Crippen LogP contribution in [0.25, 0.3) is 11.5 Å². The maximum atomic E-state index is 11.8. The summed E-state index contributed by atoms with van der Waals surface area (Å²) in [5.74, 6) is 0.772. The number of carbonyl (C=O) groups excluding carboxylic acids is 1. The van der Waals surface area contributed by atoms with Gasteiger partial charge in [0, 0.05) is 10.5 Å². The number of benzene rings is 1. The van der Waals surface area contributed by atoms with Crippen molar-refractivity contribution in [3.05, 3.63) is 64.5 Å². The summed E-state index contributed by atoms with van der Waals surface area (Å²) in [6.07, 6.45) is 1.77. The Balaban J connectivity index is 1.54. The zero-order chi connectivity index (χ0) is 15.4. The number of hydrogen-bond acceptors (Lipinski definition) is 5. The fourth-order valence-corrected chi connectivity index (χ4v) is 2.15. The first-order chi connectivity index (χ1) is 10.7. The van der Waals surface area contributed by atoms with Crippen LogP contribution < -0.4 is 0 Å². The average molecular weight is 362 g/mol. The van der Waals surface area contributed by atoms with E-state index in [4.69, 9.17) is 13.7 Å². The van der Waals surface area contributed by atoms with E-state index in [0.29, 0.717) is 17.2 Å². The van der Waals surface area contributed by atoms with Crippen LogP contribution in [-0.4, -0.2) is 11.1 Å². The molecule has 0 amide bonds. The van der Waals surface area contributed by atoms with Gasteiger partial charge in [-0.15, -0.1) is 0 Å². The summed E-state index contributed by atoms with van der Waals surface area (Å²) in [4.78, 5) is 11.8. The molecular weight excluding hydrogens is 350 g/mol. The van der Waals surface area contributed by atoms with E-state index in [1.807, 2.05) is 24.3 Å². The molecule has 0 saturated heterocycles. The maximum absolute atomic E-state index is 11.8. The predicted octanol–water partition coefficient (Wildman–Crippen LogP) is 3.98. The van der Waals surface area contributed by atoms with Crippen LogP contribution in [0.2, 0.25) is 0 Å². The van der Waals surface area contributed by atoms with Gasteiger partial charge in [0.1, 0.15) is 12.3 Å². The zero-order valence-electron chi connectivity index (χ0n) is 11.5. The molecule has 2 heterocycles. The van der Waals surface area contributed by atoms with E-state index >= 15 is 0 Å². The summed E-state index contributed by atoms with van der Waals surface area (Å²) in [5, 5.41) is 3.84. The number of hydrogen-bond donors (Lipinski definition) is 0. The Morgan fingerprint density at radius 2 is 2.00 bits per heavy atom. The van der Waals surface area contributed by atoms with Crippen molar-refractivity contribution in [2.75, 3.05) is 0 Å². The van der Waals surface area contributed by atoms with Crippen molar-refractivity contribution in [3.63, 3.8) is 0 Å². The van der Waals surface area contributed by atoms with Crippen LogP contribution in [0, 0.1) is 0 Å². The molecule has 0 aliphatic rings. The lowest BCUT2D eigenvalue weighted by Crippen LogP contribution is -2.08. The monoisotopic (exact) mass is 361 g/mol. The molecule has 112 valence electrons. The maximum Gasteiger partial charge on any atom is 0.310 e. The average Bonchev–Trinajstić information content (AvgIpc) is 3.18. The zero-order valence-corrected chi connectivity index (χ0v) is 13.1. The highest BCUT2D eigenvalue weighted by atomic mass is 79.9. The van der Waals surface area contributed by atoms with Crippen LogP contribution in [0.15, 0.2) is 62.1 Å². The standard InChI is InChI=1S/C16H12BrNO4/c17-12-5-3-11(4-6-12)8-16(19)21-10-13-9-15(22-18-13)14-2-1-7-20-14/h1-7,9H,8,10H2. The summed E-state index contributed by atoms with van der Waals surface area (Å²) in [5.41, 5.74) is 1.43. The quantitative estimate of drug-likeness (QED) is 0.643. The van der Waals surface area contributed by atoms with E-state index in [-0.39, 0.29) is 19.0 Å². The van der Waals surface area contributed by atoms with Crippen molar-refractivity contribution in [3.8, 4) is 11.5 Å². The van der Waals surface area contributed by atoms with Gasteiger partial charge in [0.25, 0.3) is 0 Å². The van der Waals surface area contributed by atoms with E-state index in [9.17, 15) is 4.79 Å². The van der Waals surface area contributed by atoms with E-state index in [1.54, 1.807) is 24.5 Å². The molecule has 0 aliphatic carbocycles. The number of nitrogens with zero attached hydrogens (tertiary/aromatic N) is 1. The number of ether oxygens (including phenoxy) is 1. The Bertz CT molecular complexity index is 747. The van der Waals surface area contributed by atoms with Gasteiger partial charge in [-0.25, -0.2) is 0 Å². The minimum atomic E-state index is -0.315. The molecule has 0 atom stereocenters. The van der Waals surface area contributed by atoms with E-state index in [0.717, 1.165) is 10.0 Å². The minimum absolute atomic E-state index is 0.0690. The molecule has 5 nitrogen and oxygen atoms in total. The van der Waals surface area contributed by atoms with Gasteiger partial charge in [0.15, 0.2) is 5.76 Å². The summed E-state index contributed by atoms with van der Waals surface area (Å²) in [6.45, 7) is 0.0690. The van der Waals surface area contributed by atoms with E-state index in [1.165, 1.54) is 0 Å². The second-order valence-corrected chi connectivity index (χ2v) is 5.54. The summed E-state index contributed by atoms with van der Waals surface area (Å²) in [7, 11) is 0. The number of aromatic nitrogens is 1. The highest BCUT2D eigenvalue weighted by Crippen LogP contribution is 2.20. The summed E-state index contributed by atoms with van der Waals surface area (Å²) in [6, 6.07) is 12.7. The first-order valence-electron chi connectivity index (χ1n) is 6.60. The normalized spacial score (nSPS) is 10.6. The Kier molecular flexibility index (Phi) is 4.39. The molecule has 3 rings (SSSR count). The summed E-state index contributed by atoms with van der Waals surface area (Å²) < 4.78 is 16.5. The van der Waals surface area contributed by atoms with Gasteiger partial charge in [-0.2, -0.15) is 0 Å². The molecule has 0 bridgehead atoms. The lowest BCUT2D eigenvalue weighted by Gasteiger charge is -2.02. The van der Waals surface area contributed by atoms with Crippen molar-refractivity contribution < 1.29 is 18.5 Å². The number of rotatable bonds is 5. The molecule has 0 spiro atoms. The molecular formula is C16H12BrNO4. The lowest BCUT2D eigenvalue weighted by atomic mass is 10.2. The first kappa shape index (κ1) is 14.6. The molecule has 0 radical (unpaired) electrons. The van der Waals surface area contributed by atoms with Gasteiger partial charge in [0.05, 0.1) is 12.7 Å². The molecule has 0 unspecified atom stereocenters. The molecule has 22 heavy (non-hydrogen) atoms. The molecule has 6 heteroatoms. The number of carbonyl (C=O) groups is 1. The minimum Gasteiger partial charge on any atom is -0.461 e. The van der Waals surface area contributed by atoms with Gasteiger partial charge < -0.3 is 13.7 Å². The second-order valence-electron chi connectivity index (χ2n) is 4.62. The fraction of sp³-hybridized carbons (Fsp3) is 0.125. The molecule has 3 aromatic rings. The SMILES string of the molecule is O=C(Cc1ccc(Br)cc1)OCc1cc(-c2ccco2)on1. The van der Waals surface area contributed by atoms with Crippen molar-refractivity contribution in [1.29, 1.82) is 0 Å². The van der Waals surface area contributed by atoms with Gasteiger partial charge in [-0.05, 0) is 29.8 Å². The molecule has 0 fully saturated rings. The third-order valence-electron chi connectivity index (χ3n) is 2.97. The lowest BCUT2D eigenvalue weighted by molar-refractivity contribution is -0.144. The molecule has 2 aromatic heterocycles. The third-order valence-corrected chi connectivity index (χ3v) is 3.49. The Hall–Kier alpha value is -2.34. The topological polar surface area (TPSA) is 65.5 Å². The van der Waals surface area contributed by atoms with Gasteiger partial charge in [-0.3, -0.25) is 4.79 Å². The van der Waals surface area contributed by atoms with Crippen molar-refractivity contribution in [2.45, 2.75) is 13.0 Å². The molecule has 1 aromatic carbocycles. The summed E-state index contributed by atoms with van der Waals surface area (Å²) >= 11 is 3.35. The van der Waals surface area contributed by atoms with Crippen molar-refractivity contribution >= 4 is 21.9 Å². The fourth-order valence-electron chi connectivity index (χ4n) is 1.89.